The van der Waals surface area contributed by atoms with Crippen LogP contribution >= 0.6 is 0 Å². The number of rotatable bonds is 4. The number of ether oxygens (including phenoxy) is 1. The maximum Gasteiger partial charge on any atom is 0.126 e. The van der Waals surface area contributed by atoms with E-state index in [0.717, 1.165) is 24.2 Å². The third-order valence-corrected chi connectivity index (χ3v) is 3.35. The zero-order valence-corrected chi connectivity index (χ0v) is 11.4. The highest BCUT2D eigenvalue weighted by molar-refractivity contribution is 5.71. The van der Waals surface area contributed by atoms with E-state index in [1.807, 2.05) is 0 Å². The van der Waals surface area contributed by atoms with E-state index in [4.69, 9.17) is 4.74 Å². The highest BCUT2D eigenvalue weighted by atomic mass is 16.5. The van der Waals surface area contributed by atoms with Gasteiger partial charge in [0.1, 0.15) is 5.75 Å². The fourth-order valence-electron chi connectivity index (χ4n) is 2.11. The van der Waals surface area contributed by atoms with Crippen LogP contribution in [0, 0.1) is 0 Å². The van der Waals surface area contributed by atoms with Gasteiger partial charge in [-0.15, -0.1) is 0 Å². The maximum atomic E-state index is 5.50. The molecule has 0 radical (unpaired) electrons. The van der Waals surface area contributed by atoms with Crippen molar-refractivity contribution in [1.82, 2.24) is 0 Å². The number of hydrogen-bond acceptors (Lipinski definition) is 1. The summed E-state index contributed by atoms with van der Waals surface area (Å²) in [6, 6.07) is 15.2. The Kier molecular flexibility index (Phi) is 4.03. The van der Waals surface area contributed by atoms with Gasteiger partial charge in [0.25, 0.3) is 0 Å². The molecule has 0 saturated carbocycles. The van der Waals surface area contributed by atoms with Crippen LogP contribution < -0.4 is 4.74 Å². The van der Waals surface area contributed by atoms with E-state index in [2.05, 4.69) is 56.3 Å². The predicted molar refractivity (Wildman–Crippen MR) is 77.2 cm³/mol. The Balaban J connectivity index is 2.42. The van der Waals surface area contributed by atoms with Crippen molar-refractivity contribution in [2.75, 3.05) is 7.11 Å². The first kappa shape index (κ1) is 12.7. The lowest BCUT2D eigenvalue weighted by atomic mass is 10.00. The molecule has 18 heavy (non-hydrogen) atoms. The number of hydrogen-bond donors (Lipinski definition) is 0. The molecule has 0 bridgehead atoms. The molecule has 1 heteroatoms. The molecule has 2 rings (SSSR count). The Hall–Kier alpha value is -1.76. The average Bonchev–Trinajstić information content (AvgIpc) is 2.46. The van der Waals surface area contributed by atoms with Crippen LogP contribution in [0.5, 0.6) is 5.75 Å². The van der Waals surface area contributed by atoms with Crippen LogP contribution in [0.15, 0.2) is 42.5 Å². The summed E-state index contributed by atoms with van der Waals surface area (Å²) in [5.74, 6) is 0.957. The zero-order chi connectivity index (χ0) is 13.0. The second-order valence-corrected chi connectivity index (χ2v) is 4.44. The summed E-state index contributed by atoms with van der Waals surface area (Å²) >= 11 is 0. The summed E-state index contributed by atoms with van der Waals surface area (Å²) in [7, 11) is 1.73. The minimum atomic E-state index is 0.957. The van der Waals surface area contributed by atoms with Crippen molar-refractivity contribution < 1.29 is 4.74 Å². The molecular weight excluding hydrogens is 220 g/mol. The quantitative estimate of drug-likeness (QED) is 0.765. The Bertz CT molecular complexity index is 512. The zero-order valence-electron chi connectivity index (χ0n) is 11.4. The fraction of sp³-hybridized carbons (Fsp3) is 0.294. The molecule has 0 aliphatic heterocycles. The van der Waals surface area contributed by atoms with Crippen molar-refractivity contribution in [3.05, 3.63) is 53.6 Å². The van der Waals surface area contributed by atoms with Gasteiger partial charge in [0.05, 0.1) is 7.11 Å². The standard InChI is InChI=1S/C17H20O/c1-4-13-6-9-15(10-7-13)16-11-8-14(5-2)12-17(16)18-3/h6-12H,4-5H2,1-3H3. The van der Waals surface area contributed by atoms with E-state index in [9.17, 15) is 0 Å². The molecule has 0 aliphatic rings. The summed E-state index contributed by atoms with van der Waals surface area (Å²) in [4.78, 5) is 0. The SMILES string of the molecule is CCc1ccc(-c2ccc(CC)cc2OC)cc1. The summed E-state index contributed by atoms with van der Waals surface area (Å²) < 4.78 is 5.50. The summed E-state index contributed by atoms with van der Waals surface area (Å²) in [5.41, 5.74) is 5.05. The molecule has 1 nitrogen and oxygen atoms in total. The van der Waals surface area contributed by atoms with E-state index >= 15 is 0 Å². The molecule has 2 aromatic carbocycles. The average molecular weight is 240 g/mol. The van der Waals surface area contributed by atoms with E-state index < -0.39 is 0 Å². The van der Waals surface area contributed by atoms with Crippen LogP contribution in [0.4, 0.5) is 0 Å². The van der Waals surface area contributed by atoms with Crippen LogP contribution in [0.1, 0.15) is 25.0 Å². The van der Waals surface area contributed by atoms with Gasteiger partial charge in [-0.05, 0) is 35.6 Å². The highest BCUT2D eigenvalue weighted by Crippen LogP contribution is 2.31. The van der Waals surface area contributed by atoms with Crippen molar-refractivity contribution in [3.63, 3.8) is 0 Å². The maximum absolute atomic E-state index is 5.50. The Morgan fingerprint density at radius 2 is 1.44 bits per heavy atom. The largest absolute Gasteiger partial charge is 0.496 e. The topological polar surface area (TPSA) is 9.23 Å². The molecule has 0 fully saturated rings. The predicted octanol–water partition coefficient (Wildman–Crippen LogP) is 4.49. The summed E-state index contributed by atoms with van der Waals surface area (Å²) in [6.45, 7) is 4.33. The smallest absolute Gasteiger partial charge is 0.126 e. The van der Waals surface area contributed by atoms with Crippen molar-refractivity contribution in [2.24, 2.45) is 0 Å². The molecule has 0 atom stereocenters. The van der Waals surface area contributed by atoms with Gasteiger partial charge in [0.15, 0.2) is 0 Å². The summed E-state index contributed by atoms with van der Waals surface area (Å²) in [6.07, 6.45) is 2.11. The van der Waals surface area contributed by atoms with E-state index in [-0.39, 0.29) is 0 Å². The molecule has 0 heterocycles. The monoisotopic (exact) mass is 240 g/mol. The Morgan fingerprint density at radius 1 is 0.833 bits per heavy atom. The van der Waals surface area contributed by atoms with Gasteiger partial charge in [-0.25, -0.2) is 0 Å². The first-order valence-electron chi connectivity index (χ1n) is 6.54. The van der Waals surface area contributed by atoms with Gasteiger partial charge in [-0.2, -0.15) is 0 Å². The third-order valence-electron chi connectivity index (χ3n) is 3.35. The lowest BCUT2D eigenvalue weighted by molar-refractivity contribution is 0.416. The molecule has 94 valence electrons. The molecule has 0 spiro atoms. The lowest BCUT2D eigenvalue weighted by Gasteiger charge is -2.11. The van der Waals surface area contributed by atoms with Gasteiger partial charge < -0.3 is 4.74 Å². The minimum absolute atomic E-state index is 0.957. The van der Waals surface area contributed by atoms with Gasteiger partial charge in [0, 0.05) is 5.56 Å². The molecule has 2 aromatic rings. The van der Waals surface area contributed by atoms with E-state index in [0.29, 0.717) is 0 Å². The second kappa shape index (κ2) is 5.72. The van der Waals surface area contributed by atoms with E-state index in [1.165, 1.54) is 16.7 Å². The van der Waals surface area contributed by atoms with Gasteiger partial charge >= 0.3 is 0 Å². The highest BCUT2D eigenvalue weighted by Gasteiger charge is 2.06. The van der Waals surface area contributed by atoms with Crippen molar-refractivity contribution in [2.45, 2.75) is 26.7 Å². The van der Waals surface area contributed by atoms with Gasteiger partial charge in [-0.1, -0.05) is 50.2 Å². The number of benzene rings is 2. The summed E-state index contributed by atoms with van der Waals surface area (Å²) in [5, 5.41) is 0. The molecule has 0 aliphatic carbocycles. The fourth-order valence-corrected chi connectivity index (χ4v) is 2.11. The lowest BCUT2D eigenvalue weighted by Crippen LogP contribution is -1.91. The molecule has 0 aromatic heterocycles. The van der Waals surface area contributed by atoms with Crippen LogP contribution in [0.2, 0.25) is 0 Å². The second-order valence-electron chi connectivity index (χ2n) is 4.44. The van der Waals surface area contributed by atoms with Crippen molar-refractivity contribution >= 4 is 0 Å². The number of aryl methyl sites for hydroxylation is 2. The Labute approximate surface area is 109 Å². The number of methoxy groups -OCH3 is 1. The van der Waals surface area contributed by atoms with Crippen LogP contribution in [0.3, 0.4) is 0 Å². The molecular formula is C17H20O. The molecule has 0 saturated heterocycles. The molecule has 0 amide bonds. The van der Waals surface area contributed by atoms with Gasteiger partial charge in [0.2, 0.25) is 0 Å². The van der Waals surface area contributed by atoms with E-state index in [1.54, 1.807) is 7.11 Å². The van der Waals surface area contributed by atoms with Crippen LogP contribution in [0.25, 0.3) is 11.1 Å². The Morgan fingerprint density at radius 3 is 2.00 bits per heavy atom. The van der Waals surface area contributed by atoms with Crippen molar-refractivity contribution in [1.29, 1.82) is 0 Å². The van der Waals surface area contributed by atoms with Gasteiger partial charge in [-0.3, -0.25) is 0 Å². The van der Waals surface area contributed by atoms with Crippen LogP contribution in [-0.4, -0.2) is 7.11 Å². The van der Waals surface area contributed by atoms with Crippen LogP contribution in [-0.2, 0) is 12.8 Å². The normalized spacial score (nSPS) is 10.4. The first-order valence-corrected chi connectivity index (χ1v) is 6.54. The first-order chi connectivity index (χ1) is 8.78. The third kappa shape index (κ3) is 2.56. The van der Waals surface area contributed by atoms with Crippen molar-refractivity contribution in [3.8, 4) is 16.9 Å². The minimum Gasteiger partial charge on any atom is -0.496 e. The molecule has 0 N–H and O–H groups in total. The molecule has 0 unspecified atom stereocenters.